The molecule has 6 heteroatoms. The summed E-state index contributed by atoms with van der Waals surface area (Å²) in [6, 6.07) is 0. The van der Waals surface area contributed by atoms with Crippen LogP contribution in [0.4, 0.5) is 17.8 Å². The summed E-state index contributed by atoms with van der Waals surface area (Å²) >= 11 is 0. The van der Waals surface area contributed by atoms with Crippen LogP contribution in [-0.2, 0) is 0 Å². The van der Waals surface area contributed by atoms with E-state index in [1.165, 1.54) is 0 Å². The van der Waals surface area contributed by atoms with Crippen molar-refractivity contribution in [1.29, 1.82) is 0 Å². The van der Waals surface area contributed by atoms with Crippen LogP contribution in [0.2, 0.25) is 0 Å². The van der Waals surface area contributed by atoms with E-state index in [4.69, 9.17) is 0 Å². The maximum absolute atomic E-state index is 4.41. The molecular weight excluding hydrogens is 252 g/mol. The van der Waals surface area contributed by atoms with Gasteiger partial charge in [-0.3, -0.25) is 0 Å². The van der Waals surface area contributed by atoms with Gasteiger partial charge in [0.1, 0.15) is 0 Å². The monoisotopic (exact) mass is 280 g/mol. The molecule has 0 unspecified atom stereocenters. The van der Waals surface area contributed by atoms with E-state index in [0.29, 0.717) is 23.3 Å². The molecule has 6 nitrogen and oxygen atoms in total. The van der Waals surface area contributed by atoms with Gasteiger partial charge in [0.2, 0.25) is 17.8 Å². The fourth-order valence-corrected chi connectivity index (χ4v) is 1.51. The highest BCUT2D eigenvalue weighted by Crippen LogP contribution is 2.18. The predicted octanol–water partition coefficient (Wildman–Crippen LogP) is 2.61. The molecule has 1 aromatic heterocycles. The van der Waals surface area contributed by atoms with Crippen LogP contribution in [0.1, 0.15) is 40.5 Å². The summed E-state index contributed by atoms with van der Waals surface area (Å²) in [4.78, 5) is 15.1. The van der Waals surface area contributed by atoms with E-state index in [0.717, 1.165) is 25.9 Å². The van der Waals surface area contributed by atoms with Crippen molar-refractivity contribution in [1.82, 2.24) is 15.0 Å². The van der Waals surface area contributed by atoms with Gasteiger partial charge >= 0.3 is 0 Å². The van der Waals surface area contributed by atoms with Crippen molar-refractivity contribution in [3.8, 4) is 0 Å². The lowest BCUT2D eigenvalue weighted by atomic mass is 9.92. The molecule has 114 valence electrons. The van der Waals surface area contributed by atoms with Crippen LogP contribution < -0.4 is 15.5 Å². The number of anilines is 3. The number of nitrogens with zero attached hydrogens (tertiary/aromatic N) is 4. The quantitative estimate of drug-likeness (QED) is 0.800. The van der Waals surface area contributed by atoms with Crippen molar-refractivity contribution < 1.29 is 0 Å². The molecule has 1 rings (SSSR count). The van der Waals surface area contributed by atoms with Crippen molar-refractivity contribution in [2.45, 2.75) is 40.5 Å². The molecule has 0 radical (unpaired) electrons. The van der Waals surface area contributed by atoms with E-state index in [1.807, 2.05) is 19.0 Å². The van der Waals surface area contributed by atoms with E-state index in [9.17, 15) is 0 Å². The van der Waals surface area contributed by atoms with Gasteiger partial charge in [-0.2, -0.15) is 15.0 Å². The van der Waals surface area contributed by atoms with Crippen LogP contribution in [0.5, 0.6) is 0 Å². The third-order valence-corrected chi connectivity index (χ3v) is 2.71. The van der Waals surface area contributed by atoms with Gasteiger partial charge in [-0.1, -0.05) is 27.7 Å². The summed E-state index contributed by atoms with van der Waals surface area (Å²) in [7, 11) is 3.86. The highest BCUT2D eigenvalue weighted by molar-refractivity contribution is 5.42. The summed E-state index contributed by atoms with van der Waals surface area (Å²) in [6.07, 6.45) is 2.10. The molecule has 1 heterocycles. The highest BCUT2D eigenvalue weighted by atomic mass is 15.3. The lowest BCUT2D eigenvalue weighted by Gasteiger charge is -2.18. The average Bonchev–Trinajstić information content (AvgIpc) is 2.34. The number of hydrogen-bond donors (Lipinski definition) is 2. The van der Waals surface area contributed by atoms with Gasteiger partial charge < -0.3 is 15.5 Å². The van der Waals surface area contributed by atoms with Crippen LogP contribution in [0, 0.1) is 5.41 Å². The Kier molecular flexibility index (Phi) is 5.98. The molecule has 0 bridgehead atoms. The van der Waals surface area contributed by atoms with E-state index < -0.39 is 0 Å². The normalized spacial score (nSPS) is 11.3. The van der Waals surface area contributed by atoms with Gasteiger partial charge in [0, 0.05) is 27.2 Å². The number of hydrogen-bond acceptors (Lipinski definition) is 6. The molecule has 0 fully saturated rings. The second kappa shape index (κ2) is 7.26. The lowest BCUT2D eigenvalue weighted by molar-refractivity contribution is 0.389. The lowest BCUT2D eigenvalue weighted by Crippen LogP contribution is -2.19. The predicted molar refractivity (Wildman–Crippen MR) is 85.5 cm³/mol. The van der Waals surface area contributed by atoms with E-state index >= 15 is 0 Å². The van der Waals surface area contributed by atoms with Crippen molar-refractivity contribution in [2.24, 2.45) is 5.41 Å². The van der Waals surface area contributed by atoms with Gasteiger partial charge in [0.05, 0.1) is 0 Å². The molecule has 0 amide bonds. The second-order valence-electron chi connectivity index (χ2n) is 6.34. The van der Waals surface area contributed by atoms with Crippen molar-refractivity contribution >= 4 is 17.8 Å². The Morgan fingerprint density at radius 1 is 0.950 bits per heavy atom. The fourth-order valence-electron chi connectivity index (χ4n) is 1.51. The molecule has 0 atom stereocenters. The first kappa shape index (κ1) is 16.5. The van der Waals surface area contributed by atoms with Crippen LogP contribution in [0.15, 0.2) is 0 Å². The van der Waals surface area contributed by atoms with Crippen LogP contribution >= 0.6 is 0 Å². The fraction of sp³-hybridized carbons (Fsp3) is 0.786. The van der Waals surface area contributed by atoms with Gasteiger partial charge in [-0.25, -0.2) is 0 Å². The first-order chi connectivity index (χ1) is 9.31. The number of aromatic nitrogens is 3. The molecule has 0 saturated heterocycles. The Balaban J connectivity index is 2.75. The summed E-state index contributed by atoms with van der Waals surface area (Å²) in [5.74, 6) is 1.92. The smallest absolute Gasteiger partial charge is 0.231 e. The Morgan fingerprint density at radius 2 is 1.50 bits per heavy atom. The zero-order chi connectivity index (χ0) is 15.2. The molecule has 0 saturated carbocycles. The van der Waals surface area contributed by atoms with Gasteiger partial charge in [-0.15, -0.1) is 0 Å². The van der Waals surface area contributed by atoms with E-state index in [2.05, 4.69) is 53.3 Å². The van der Waals surface area contributed by atoms with Crippen molar-refractivity contribution in [3.05, 3.63) is 0 Å². The maximum atomic E-state index is 4.41. The Labute approximate surface area is 122 Å². The minimum Gasteiger partial charge on any atom is -0.354 e. The van der Waals surface area contributed by atoms with Crippen LogP contribution in [0.3, 0.4) is 0 Å². The summed E-state index contributed by atoms with van der Waals surface area (Å²) < 4.78 is 0. The molecule has 2 N–H and O–H groups in total. The average molecular weight is 280 g/mol. The largest absolute Gasteiger partial charge is 0.354 e. The minimum absolute atomic E-state index is 0.299. The van der Waals surface area contributed by atoms with E-state index in [1.54, 1.807) is 0 Å². The standard InChI is InChI=1S/C14H28N6/c1-7-9-15-11-17-12(16-10-8-14(2,3)4)19-13(18-11)20(5)6/h7-10H2,1-6H3,(H2,15,16,17,18,19). The summed E-state index contributed by atoms with van der Waals surface area (Å²) in [6.45, 7) is 10.5. The van der Waals surface area contributed by atoms with Crippen LogP contribution in [-0.4, -0.2) is 42.1 Å². The molecule has 1 aromatic rings. The Hall–Kier alpha value is -1.59. The number of nitrogens with one attached hydrogen (secondary N) is 2. The summed E-state index contributed by atoms with van der Waals surface area (Å²) in [5, 5.41) is 6.49. The third-order valence-electron chi connectivity index (χ3n) is 2.71. The first-order valence-corrected chi connectivity index (χ1v) is 7.23. The van der Waals surface area contributed by atoms with Gasteiger partial charge in [0.25, 0.3) is 0 Å². The van der Waals surface area contributed by atoms with Gasteiger partial charge in [-0.05, 0) is 18.3 Å². The third kappa shape index (κ3) is 6.04. The van der Waals surface area contributed by atoms with Crippen LogP contribution in [0.25, 0.3) is 0 Å². The minimum atomic E-state index is 0.299. The maximum Gasteiger partial charge on any atom is 0.231 e. The topological polar surface area (TPSA) is 66.0 Å². The molecule has 20 heavy (non-hydrogen) atoms. The molecule has 0 aliphatic carbocycles. The zero-order valence-corrected chi connectivity index (χ0v) is 13.6. The molecule has 0 aliphatic heterocycles. The SMILES string of the molecule is CCCNc1nc(NCCC(C)(C)C)nc(N(C)C)n1. The highest BCUT2D eigenvalue weighted by Gasteiger charge is 2.11. The van der Waals surface area contributed by atoms with Crippen molar-refractivity contribution in [3.63, 3.8) is 0 Å². The van der Waals surface area contributed by atoms with Crippen molar-refractivity contribution in [2.75, 3.05) is 42.7 Å². The molecule has 0 aliphatic rings. The molecule has 0 aromatic carbocycles. The Bertz CT molecular complexity index is 411. The molecule has 0 spiro atoms. The summed E-state index contributed by atoms with van der Waals surface area (Å²) in [5.41, 5.74) is 0.299. The zero-order valence-electron chi connectivity index (χ0n) is 13.6. The number of rotatable bonds is 7. The molecular formula is C14H28N6. The second-order valence-corrected chi connectivity index (χ2v) is 6.34. The first-order valence-electron chi connectivity index (χ1n) is 7.23. The van der Waals surface area contributed by atoms with Gasteiger partial charge in [0.15, 0.2) is 0 Å². The van der Waals surface area contributed by atoms with E-state index in [-0.39, 0.29) is 0 Å². The Morgan fingerprint density at radius 3 is 1.95 bits per heavy atom.